The van der Waals surface area contributed by atoms with Crippen LogP contribution in [0.5, 0.6) is 11.5 Å². The Kier molecular flexibility index (Phi) is 6.81. The van der Waals surface area contributed by atoms with Gasteiger partial charge in [-0.05, 0) is 41.3 Å². The number of carbonyl (C=O) groups excluding carboxylic acids is 1. The molecule has 0 spiro atoms. The summed E-state index contributed by atoms with van der Waals surface area (Å²) in [5.41, 5.74) is 3.56. The highest BCUT2D eigenvalue weighted by Crippen LogP contribution is 2.40. The molecule has 8 nitrogen and oxygen atoms in total. The van der Waals surface area contributed by atoms with Gasteiger partial charge in [0.1, 0.15) is 0 Å². The number of hydrogen-bond acceptors (Lipinski definition) is 7. The first-order valence-electron chi connectivity index (χ1n) is 12.0. The Balaban J connectivity index is 1.35. The quantitative estimate of drug-likeness (QED) is 0.545. The van der Waals surface area contributed by atoms with E-state index in [2.05, 4.69) is 56.2 Å². The molecular formula is C27H31N5O3. The largest absolute Gasteiger partial charge is 0.493 e. The molecule has 0 aliphatic carbocycles. The molecule has 35 heavy (non-hydrogen) atoms. The van der Waals surface area contributed by atoms with Crippen LogP contribution in [0.4, 0.5) is 5.95 Å². The third kappa shape index (κ3) is 4.79. The molecule has 2 aliphatic heterocycles. The zero-order chi connectivity index (χ0) is 24.2. The lowest BCUT2D eigenvalue weighted by molar-refractivity contribution is -0.133. The van der Waals surface area contributed by atoms with Gasteiger partial charge in [0, 0.05) is 45.1 Å². The molecular weight excluding hydrogens is 442 g/mol. The minimum absolute atomic E-state index is 0.0253. The number of ether oxygens (including phenoxy) is 2. The molecule has 0 radical (unpaired) electrons. The summed E-state index contributed by atoms with van der Waals surface area (Å²) in [5.74, 6) is 2.33. The van der Waals surface area contributed by atoms with Crippen molar-refractivity contribution >= 4 is 11.9 Å². The molecule has 1 amide bonds. The fourth-order valence-electron chi connectivity index (χ4n) is 5.08. The molecule has 2 aromatic carbocycles. The zero-order valence-corrected chi connectivity index (χ0v) is 20.3. The number of anilines is 1. The monoisotopic (exact) mass is 473 g/mol. The van der Waals surface area contributed by atoms with Crippen molar-refractivity contribution < 1.29 is 14.3 Å². The standard InChI is InChI=1S/C27H31N5O3/c1-34-23-17-21-9-12-32(26(20-7-4-3-5-8-20)22(21)18-24(23)35-2)19-25(33)30-13-15-31(16-14-30)27-28-10-6-11-29-27/h3-8,10-11,17-18,26H,9,12-16,19H2,1-2H3. The van der Waals surface area contributed by atoms with Gasteiger partial charge in [0.05, 0.1) is 26.8 Å². The van der Waals surface area contributed by atoms with Crippen molar-refractivity contribution in [2.45, 2.75) is 12.5 Å². The summed E-state index contributed by atoms with van der Waals surface area (Å²) in [4.78, 5) is 28.5. The topological polar surface area (TPSA) is 71.0 Å². The van der Waals surface area contributed by atoms with Crippen LogP contribution in [-0.2, 0) is 11.2 Å². The average molecular weight is 474 g/mol. The minimum atomic E-state index is -0.0253. The molecule has 8 heteroatoms. The van der Waals surface area contributed by atoms with Gasteiger partial charge in [0.15, 0.2) is 11.5 Å². The molecule has 182 valence electrons. The number of fused-ring (bicyclic) bond motifs is 1. The van der Waals surface area contributed by atoms with Crippen LogP contribution in [-0.4, -0.2) is 79.2 Å². The fourth-order valence-corrected chi connectivity index (χ4v) is 5.08. The zero-order valence-electron chi connectivity index (χ0n) is 20.3. The summed E-state index contributed by atoms with van der Waals surface area (Å²) in [6.07, 6.45) is 4.36. The first kappa shape index (κ1) is 23.1. The van der Waals surface area contributed by atoms with Gasteiger partial charge in [0.25, 0.3) is 0 Å². The number of aromatic nitrogens is 2. The van der Waals surface area contributed by atoms with Crippen LogP contribution in [0.25, 0.3) is 0 Å². The van der Waals surface area contributed by atoms with Crippen molar-refractivity contribution in [3.63, 3.8) is 0 Å². The van der Waals surface area contributed by atoms with Gasteiger partial charge in [-0.15, -0.1) is 0 Å². The summed E-state index contributed by atoms with van der Waals surface area (Å²) in [6.45, 7) is 3.97. The molecule has 0 bridgehead atoms. The van der Waals surface area contributed by atoms with E-state index in [0.717, 1.165) is 37.8 Å². The van der Waals surface area contributed by atoms with Crippen LogP contribution in [0.15, 0.2) is 60.9 Å². The normalized spacial score (nSPS) is 18.2. The molecule has 2 aliphatic rings. The molecule has 1 fully saturated rings. The van der Waals surface area contributed by atoms with E-state index in [1.165, 1.54) is 16.7 Å². The predicted octanol–water partition coefficient (Wildman–Crippen LogP) is 2.79. The second-order valence-corrected chi connectivity index (χ2v) is 8.86. The predicted molar refractivity (Wildman–Crippen MR) is 134 cm³/mol. The smallest absolute Gasteiger partial charge is 0.236 e. The Morgan fingerprint density at radius 3 is 2.29 bits per heavy atom. The molecule has 1 atom stereocenters. The van der Waals surface area contributed by atoms with E-state index in [1.54, 1.807) is 26.6 Å². The summed E-state index contributed by atoms with van der Waals surface area (Å²) < 4.78 is 11.2. The summed E-state index contributed by atoms with van der Waals surface area (Å²) in [7, 11) is 3.32. The Labute approximate surface area is 206 Å². The van der Waals surface area contributed by atoms with Gasteiger partial charge < -0.3 is 19.3 Å². The van der Waals surface area contributed by atoms with Crippen LogP contribution in [0.1, 0.15) is 22.7 Å². The molecule has 1 unspecified atom stereocenters. The van der Waals surface area contributed by atoms with Gasteiger partial charge in [-0.25, -0.2) is 9.97 Å². The van der Waals surface area contributed by atoms with Gasteiger partial charge in [-0.2, -0.15) is 0 Å². The van der Waals surface area contributed by atoms with Gasteiger partial charge >= 0.3 is 0 Å². The SMILES string of the molecule is COc1cc2c(cc1OC)C(c1ccccc1)N(CC(=O)N1CCN(c3ncccn3)CC1)CC2. The summed E-state index contributed by atoms with van der Waals surface area (Å²) in [5, 5.41) is 0. The van der Waals surface area contributed by atoms with E-state index in [-0.39, 0.29) is 11.9 Å². The van der Waals surface area contributed by atoms with Crippen molar-refractivity contribution in [3.8, 4) is 11.5 Å². The molecule has 0 saturated carbocycles. The summed E-state index contributed by atoms with van der Waals surface area (Å²) >= 11 is 0. The van der Waals surface area contributed by atoms with Crippen LogP contribution in [0.3, 0.4) is 0 Å². The second-order valence-electron chi connectivity index (χ2n) is 8.86. The lowest BCUT2D eigenvalue weighted by Crippen LogP contribution is -2.52. The van der Waals surface area contributed by atoms with Crippen LogP contribution < -0.4 is 14.4 Å². The number of methoxy groups -OCH3 is 2. The number of amides is 1. The number of benzene rings is 2. The van der Waals surface area contributed by atoms with Crippen LogP contribution >= 0.6 is 0 Å². The molecule has 0 N–H and O–H groups in total. The number of nitrogens with zero attached hydrogens (tertiary/aromatic N) is 5. The maximum atomic E-state index is 13.4. The average Bonchev–Trinajstić information content (AvgIpc) is 2.93. The Morgan fingerprint density at radius 1 is 0.914 bits per heavy atom. The van der Waals surface area contributed by atoms with Crippen molar-refractivity contribution in [1.29, 1.82) is 0 Å². The Bertz CT molecular complexity index is 1150. The van der Waals surface area contributed by atoms with Crippen molar-refractivity contribution in [2.75, 3.05) is 58.4 Å². The number of rotatable bonds is 6. The van der Waals surface area contributed by atoms with E-state index in [4.69, 9.17) is 9.47 Å². The lowest BCUT2D eigenvalue weighted by Gasteiger charge is -2.40. The first-order chi connectivity index (χ1) is 17.2. The molecule has 1 aromatic heterocycles. The highest BCUT2D eigenvalue weighted by atomic mass is 16.5. The van der Waals surface area contributed by atoms with Gasteiger partial charge in [-0.3, -0.25) is 9.69 Å². The highest BCUT2D eigenvalue weighted by molar-refractivity contribution is 5.79. The Hall–Kier alpha value is -3.65. The molecule has 1 saturated heterocycles. The first-order valence-corrected chi connectivity index (χ1v) is 12.0. The highest BCUT2D eigenvalue weighted by Gasteiger charge is 2.33. The number of carbonyl (C=O) groups is 1. The maximum absolute atomic E-state index is 13.4. The van der Waals surface area contributed by atoms with Crippen molar-refractivity contribution in [2.24, 2.45) is 0 Å². The van der Waals surface area contributed by atoms with E-state index >= 15 is 0 Å². The maximum Gasteiger partial charge on any atom is 0.236 e. The van der Waals surface area contributed by atoms with E-state index in [9.17, 15) is 4.79 Å². The number of piperazine rings is 1. The van der Waals surface area contributed by atoms with E-state index in [1.807, 2.05) is 17.0 Å². The van der Waals surface area contributed by atoms with Gasteiger partial charge in [0.2, 0.25) is 11.9 Å². The van der Waals surface area contributed by atoms with E-state index < -0.39 is 0 Å². The third-order valence-corrected chi connectivity index (χ3v) is 6.89. The Morgan fingerprint density at radius 2 is 1.60 bits per heavy atom. The number of hydrogen-bond donors (Lipinski definition) is 0. The van der Waals surface area contributed by atoms with Gasteiger partial charge in [-0.1, -0.05) is 30.3 Å². The molecule has 3 aromatic rings. The van der Waals surface area contributed by atoms with E-state index in [0.29, 0.717) is 25.4 Å². The molecule has 5 rings (SSSR count). The van der Waals surface area contributed by atoms with Crippen LogP contribution in [0.2, 0.25) is 0 Å². The van der Waals surface area contributed by atoms with Crippen molar-refractivity contribution in [3.05, 3.63) is 77.6 Å². The lowest BCUT2D eigenvalue weighted by atomic mass is 9.87. The third-order valence-electron chi connectivity index (χ3n) is 6.89. The second kappa shape index (κ2) is 10.3. The van der Waals surface area contributed by atoms with Crippen LogP contribution in [0, 0.1) is 0 Å². The summed E-state index contributed by atoms with van der Waals surface area (Å²) in [6, 6.07) is 16.3. The van der Waals surface area contributed by atoms with Crippen molar-refractivity contribution in [1.82, 2.24) is 19.8 Å². The molecule has 3 heterocycles. The minimum Gasteiger partial charge on any atom is -0.493 e. The fraction of sp³-hybridized carbons (Fsp3) is 0.370.